The summed E-state index contributed by atoms with van der Waals surface area (Å²) in [6.45, 7) is 1.00. The van der Waals surface area contributed by atoms with Gasteiger partial charge in [-0.3, -0.25) is 4.79 Å². The number of hydroxylamine groups is 1. The Morgan fingerprint density at radius 1 is 1.18 bits per heavy atom. The van der Waals surface area contributed by atoms with E-state index in [-0.39, 0.29) is 0 Å². The molecule has 0 heterocycles. The highest BCUT2D eigenvalue weighted by Crippen LogP contribution is 1.95. The molecule has 0 unspecified atom stereocenters. The minimum Gasteiger partial charge on any atom is -0.374 e. The van der Waals surface area contributed by atoms with Crippen molar-refractivity contribution in [2.75, 3.05) is 6.54 Å². The number of hydrogen-bond donors (Lipinski definition) is 1. The summed E-state index contributed by atoms with van der Waals surface area (Å²) >= 11 is 0. The Hall–Kier alpha value is -0.900. The lowest BCUT2D eigenvalue weighted by atomic mass is 10.2. The Bertz CT molecular complexity index is 93.9. The first-order chi connectivity index (χ1) is 5.41. The zero-order valence-corrected chi connectivity index (χ0v) is 6.41. The molecule has 0 spiro atoms. The number of hydrogen-bond acceptors (Lipinski definition) is 4. The van der Waals surface area contributed by atoms with Crippen LogP contribution in [0.5, 0.6) is 0 Å². The fourth-order valence-corrected chi connectivity index (χ4v) is 0.695. The molecule has 0 radical (unpaired) electrons. The topological polar surface area (TPSA) is 55.4 Å². The average molecular weight is 159 g/mol. The molecule has 0 atom stereocenters. The molecule has 0 aromatic heterocycles. The standard InChI is InChI=1S/C7H13NO3/c9-6-4-2-1-3-5-8-11-7-10/h6-8H,1-5H2. The van der Waals surface area contributed by atoms with Crippen LogP contribution in [0.2, 0.25) is 0 Å². The quantitative estimate of drug-likeness (QED) is 0.317. The third-order valence-corrected chi connectivity index (χ3v) is 1.23. The van der Waals surface area contributed by atoms with Gasteiger partial charge in [-0.2, -0.15) is 5.48 Å². The minimum atomic E-state index is 0.353. The molecular weight excluding hydrogens is 146 g/mol. The molecule has 0 aromatic rings. The van der Waals surface area contributed by atoms with E-state index >= 15 is 0 Å². The Labute approximate surface area is 65.9 Å². The molecular formula is C7H13NO3. The van der Waals surface area contributed by atoms with Crippen LogP contribution >= 0.6 is 0 Å². The summed E-state index contributed by atoms with van der Waals surface area (Å²) in [7, 11) is 0. The van der Waals surface area contributed by atoms with Crippen LogP contribution in [0, 0.1) is 0 Å². The highest BCUT2D eigenvalue weighted by Gasteiger charge is 1.88. The van der Waals surface area contributed by atoms with Crippen LogP contribution in [0.1, 0.15) is 25.7 Å². The maximum atomic E-state index is 9.85. The Kier molecular flexibility index (Phi) is 8.36. The first-order valence-corrected chi connectivity index (χ1v) is 3.67. The van der Waals surface area contributed by atoms with Crippen molar-refractivity contribution in [3.8, 4) is 0 Å². The molecule has 0 saturated heterocycles. The van der Waals surface area contributed by atoms with Crippen molar-refractivity contribution in [2.45, 2.75) is 25.7 Å². The van der Waals surface area contributed by atoms with Gasteiger partial charge in [0.1, 0.15) is 6.29 Å². The van der Waals surface area contributed by atoms with Crippen molar-refractivity contribution in [1.29, 1.82) is 0 Å². The maximum Gasteiger partial charge on any atom is 0.312 e. The van der Waals surface area contributed by atoms with Crippen LogP contribution in [-0.2, 0) is 14.4 Å². The van der Waals surface area contributed by atoms with Crippen LogP contribution in [0.25, 0.3) is 0 Å². The van der Waals surface area contributed by atoms with E-state index in [0.717, 1.165) is 25.5 Å². The number of carbonyl (C=O) groups is 2. The summed E-state index contributed by atoms with van der Waals surface area (Å²) in [5.41, 5.74) is 2.46. The summed E-state index contributed by atoms with van der Waals surface area (Å²) in [6, 6.07) is 0. The lowest BCUT2D eigenvalue weighted by Crippen LogP contribution is -2.14. The second kappa shape index (κ2) is 9.10. The molecule has 0 aromatic carbocycles. The number of unbranched alkanes of at least 4 members (excludes halogenated alkanes) is 3. The van der Waals surface area contributed by atoms with E-state index in [4.69, 9.17) is 0 Å². The molecule has 0 rings (SSSR count). The average Bonchev–Trinajstić information content (AvgIpc) is 2.03. The molecule has 0 bridgehead atoms. The third-order valence-electron chi connectivity index (χ3n) is 1.23. The van der Waals surface area contributed by atoms with Gasteiger partial charge < -0.3 is 9.63 Å². The zero-order valence-electron chi connectivity index (χ0n) is 6.41. The fraction of sp³-hybridized carbons (Fsp3) is 0.714. The van der Waals surface area contributed by atoms with Gasteiger partial charge >= 0.3 is 6.47 Å². The highest BCUT2D eigenvalue weighted by molar-refractivity contribution is 5.48. The molecule has 4 heteroatoms. The first-order valence-electron chi connectivity index (χ1n) is 3.67. The molecule has 1 N–H and O–H groups in total. The normalized spacial score (nSPS) is 9.09. The van der Waals surface area contributed by atoms with Crippen molar-refractivity contribution in [3.63, 3.8) is 0 Å². The largest absolute Gasteiger partial charge is 0.374 e. The van der Waals surface area contributed by atoms with Crippen molar-refractivity contribution in [3.05, 3.63) is 0 Å². The summed E-state index contributed by atoms with van der Waals surface area (Å²) in [5.74, 6) is 0. The number of rotatable bonds is 8. The van der Waals surface area contributed by atoms with Gasteiger partial charge in [-0.05, 0) is 12.8 Å². The van der Waals surface area contributed by atoms with Crippen LogP contribution in [0.4, 0.5) is 0 Å². The molecule has 0 aliphatic heterocycles. The SMILES string of the molecule is O=CCCCCCNOC=O. The van der Waals surface area contributed by atoms with Crippen molar-refractivity contribution in [1.82, 2.24) is 5.48 Å². The van der Waals surface area contributed by atoms with Gasteiger partial charge in [-0.1, -0.05) is 6.42 Å². The molecule has 0 aliphatic rings. The minimum absolute atomic E-state index is 0.353. The molecule has 0 saturated carbocycles. The Morgan fingerprint density at radius 2 is 2.00 bits per heavy atom. The van der Waals surface area contributed by atoms with Crippen LogP contribution in [0.15, 0.2) is 0 Å². The van der Waals surface area contributed by atoms with Crippen LogP contribution in [0.3, 0.4) is 0 Å². The number of nitrogens with one attached hydrogen (secondary N) is 1. The van der Waals surface area contributed by atoms with Gasteiger partial charge in [0.25, 0.3) is 0 Å². The van der Waals surface area contributed by atoms with E-state index in [1.54, 1.807) is 0 Å². The smallest absolute Gasteiger partial charge is 0.312 e. The predicted octanol–water partition coefficient (Wildman–Crippen LogP) is 0.423. The number of carbonyl (C=O) groups excluding carboxylic acids is 2. The van der Waals surface area contributed by atoms with Crippen molar-refractivity contribution < 1.29 is 14.4 Å². The second-order valence-corrected chi connectivity index (χ2v) is 2.12. The van der Waals surface area contributed by atoms with Gasteiger partial charge in [0.15, 0.2) is 0 Å². The molecule has 0 aliphatic carbocycles. The Morgan fingerprint density at radius 3 is 2.64 bits per heavy atom. The van der Waals surface area contributed by atoms with Gasteiger partial charge in [0.2, 0.25) is 0 Å². The van der Waals surface area contributed by atoms with Crippen LogP contribution < -0.4 is 5.48 Å². The van der Waals surface area contributed by atoms with Crippen molar-refractivity contribution >= 4 is 12.8 Å². The van der Waals surface area contributed by atoms with Gasteiger partial charge in [0, 0.05) is 13.0 Å². The van der Waals surface area contributed by atoms with E-state index in [2.05, 4.69) is 10.3 Å². The second-order valence-electron chi connectivity index (χ2n) is 2.12. The Balaban J connectivity index is 2.79. The van der Waals surface area contributed by atoms with Crippen molar-refractivity contribution in [2.24, 2.45) is 0 Å². The predicted molar refractivity (Wildman–Crippen MR) is 39.7 cm³/mol. The summed E-state index contributed by atoms with van der Waals surface area (Å²) < 4.78 is 0. The van der Waals surface area contributed by atoms with Gasteiger partial charge in [0.05, 0.1) is 0 Å². The molecule has 64 valence electrons. The molecule has 4 nitrogen and oxygen atoms in total. The van der Waals surface area contributed by atoms with E-state index < -0.39 is 0 Å². The van der Waals surface area contributed by atoms with Gasteiger partial charge in [-0.25, -0.2) is 0 Å². The maximum absolute atomic E-state index is 9.85. The van der Waals surface area contributed by atoms with Crippen LogP contribution in [-0.4, -0.2) is 19.3 Å². The number of aldehydes is 1. The lowest BCUT2D eigenvalue weighted by molar-refractivity contribution is -0.135. The van der Waals surface area contributed by atoms with E-state index in [0.29, 0.717) is 19.4 Å². The molecule has 11 heavy (non-hydrogen) atoms. The van der Waals surface area contributed by atoms with Gasteiger partial charge in [-0.15, -0.1) is 0 Å². The van der Waals surface area contributed by atoms with E-state index in [9.17, 15) is 9.59 Å². The van der Waals surface area contributed by atoms with E-state index in [1.807, 2.05) is 0 Å². The zero-order chi connectivity index (χ0) is 8.36. The first kappa shape index (κ1) is 10.1. The lowest BCUT2D eigenvalue weighted by Gasteiger charge is -1.98. The van der Waals surface area contributed by atoms with E-state index in [1.165, 1.54) is 0 Å². The molecule has 0 fully saturated rings. The monoisotopic (exact) mass is 159 g/mol. The fourth-order valence-electron chi connectivity index (χ4n) is 0.695. The molecule has 0 amide bonds. The third kappa shape index (κ3) is 9.10. The highest BCUT2D eigenvalue weighted by atomic mass is 16.7. The summed E-state index contributed by atoms with van der Waals surface area (Å²) in [5, 5.41) is 0. The summed E-state index contributed by atoms with van der Waals surface area (Å²) in [6.07, 6.45) is 4.34. The summed E-state index contributed by atoms with van der Waals surface area (Å²) in [4.78, 5) is 23.7.